The zero-order valence-electron chi connectivity index (χ0n) is 15.1. The molecule has 0 saturated carbocycles. The van der Waals surface area contributed by atoms with Gasteiger partial charge >= 0.3 is 5.97 Å². The molecular weight excluding hydrogens is 332 g/mol. The lowest BCUT2D eigenvalue weighted by atomic mass is 10.1. The third-order valence-electron chi connectivity index (χ3n) is 4.42. The summed E-state index contributed by atoms with van der Waals surface area (Å²) in [5, 5.41) is 12.8. The summed E-state index contributed by atoms with van der Waals surface area (Å²) in [5.74, 6) is -0.0945. The molecule has 1 aromatic heterocycles. The fourth-order valence-corrected chi connectivity index (χ4v) is 3.19. The van der Waals surface area contributed by atoms with E-state index in [9.17, 15) is 9.90 Å². The van der Waals surface area contributed by atoms with Crippen LogP contribution < -0.4 is 10.1 Å². The molecule has 1 atom stereocenters. The predicted molar refractivity (Wildman–Crippen MR) is 99.7 cm³/mol. The summed E-state index contributed by atoms with van der Waals surface area (Å²) < 4.78 is 5.39. The van der Waals surface area contributed by atoms with Gasteiger partial charge in [-0.2, -0.15) is 0 Å². The molecule has 0 bridgehead atoms. The minimum absolute atomic E-state index is 0.131. The van der Waals surface area contributed by atoms with E-state index >= 15 is 0 Å². The van der Waals surface area contributed by atoms with Gasteiger partial charge in [0.1, 0.15) is 11.3 Å². The number of likely N-dealkylation sites (N-methyl/N-ethyl adjacent to an activating group) is 1. The number of carboxylic acid groups (broad SMARTS) is 1. The Kier molecular flexibility index (Phi) is 5.68. The van der Waals surface area contributed by atoms with E-state index < -0.39 is 5.97 Å². The van der Waals surface area contributed by atoms with Crippen molar-refractivity contribution in [2.75, 3.05) is 32.1 Å². The van der Waals surface area contributed by atoms with Crippen molar-refractivity contribution in [3.8, 4) is 17.0 Å². The van der Waals surface area contributed by atoms with Gasteiger partial charge in [0, 0.05) is 24.3 Å². The SMILES string of the molecule is CCOc1ccc(-c2ccnc(N[C@@H]3CCCN(C)C3)n2)cc1C(=O)O. The van der Waals surface area contributed by atoms with Crippen LogP contribution in [0.25, 0.3) is 11.3 Å². The molecule has 7 heteroatoms. The Labute approximate surface area is 153 Å². The maximum Gasteiger partial charge on any atom is 0.339 e. The maximum absolute atomic E-state index is 11.5. The Hall–Kier alpha value is -2.67. The Balaban J connectivity index is 1.83. The molecule has 26 heavy (non-hydrogen) atoms. The highest BCUT2D eigenvalue weighted by atomic mass is 16.5. The number of benzene rings is 1. The van der Waals surface area contributed by atoms with Crippen molar-refractivity contribution >= 4 is 11.9 Å². The number of rotatable bonds is 6. The average Bonchev–Trinajstić information content (AvgIpc) is 2.62. The number of aromatic nitrogens is 2. The second-order valence-electron chi connectivity index (χ2n) is 6.46. The van der Waals surface area contributed by atoms with Gasteiger partial charge in [0.25, 0.3) is 0 Å². The number of ether oxygens (including phenoxy) is 1. The topological polar surface area (TPSA) is 87.6 Å². The van der Waals surface area contributed by atoms with Crippen molar-refractivity contribution in [2.45, 2.75) is 25.8 Å². The van der Waals surface area contributed by atoms with Gasteiger partial charge in [0.2, 0.25) is 5.95 Å². The van der Waals surface area contributed by atoms with Crippen LogP contribution in [-0.4, -0.2) is 58.7 Å². The lowest BCUT2D eigenvalue weighted by Crippen LogP contribution is -2.40. The molecule has 0 spiro atoms. The van der Waals surface area contributed by atoms with Crippen LogP contribution in [0.3, 0.4) is 0 Å². The van der Waals surface area contributed by atoms with Crippen LogP contribution in [0.15, 0.2) is 30.5 Å². The minimum atomic E-state index is -1.02. The fourth-order valence-electron chi connectivity index (χ4n) is 3.19. The smallest absolute Gasteiger partial charge is 0.339 e. The zero-order chi connectivity index (χ0) is 18.5. The van der Waals surface area contributed by atoms with Crippen LogP contribution in [0.5, 0.6) is 5.75 Å². The molecular formula is C19H24N4O3. The van der Waals surface area contributed by atoms with E-state index in [1.54, 1.807) is 24.4 Å². The summed E-state index contributed by atoms with van der Waals surface area (Å²) in [4.78, 5) is 22.7. The van der Waals surface area contributed by atoms with Gasteiger partial charge in [-0.15, -0.1) is 0 Å². The molecule has 0 amide bonds. The molecule has 0 aliphatic carbocycles. The zero-order valence-corrected chi connectivity index (χ0v) is 15.1. The monoisotopic (exact) mass is 356 g/mol. The van der Waals surface area contributed by atoms with Gasteiger partial charge in [-0.25, -0.2) is 14.8 Å². The van der Waals surface area contributed by atoms with E-state index in [0.717, 1.165) is 31.5 Å². The number of likely N-dealkylation sites (tertiary alicyclic amines) is 1. The van der Waals surface area contributed by atoms with Gasteiger partial charge in [-0.05, 0) is 57.6 Å². The van der Waals surface area contributed by atoms with Crippen molar-refractivity contribution in [3.63, 3.8) is 0 Å². The van der Waals surface area contributed by atoms with E-state index in [0.29, 0.717) is 30.0 Å². The highest BCUT2D eigenvalue weighted by molar-refractivity contribution is 5.92. The third-order valence-corrected chi connectivity index (χ3v) is 4.42. The Bertz CT molecular complexity index is 781. The Morgan fingerprint density at radius 3 is 3.00 bits per heavy atom. The lowest BCUT2D eigenvalue weighted by Gasteiger charge is -2.30. The van der Waals surface area contributed by atoms with Crippen LogP contribution in [0.2, 0.25) is 0 Å². The van der Waals surface area contributed by atoms with Gasteiger partial charge in [0.15, 0.2) is 0 Å². The maximum atomic E-state index is 11.5. The van der Waals surface area contributed by atoms with E-state index in [2.05, 4.69) is 27.2 Å². The largest absolute Gasteiger partial charge is 0.493 e. The quantitative estimate of drug-likeness (QED) is 0.823. The molecule has 7 nitrogen and oxygen atoms in total. The second kappa shape index (κ2) is 8.14. The molecule has 1 fully saturated rings. The first-order valence-electron chi connectivity index (χ1n) is 8.85. The minimum Gasteiger partial charge on any atom is -0.493 e. The number of carbonyl (C=O) groups is 1. The van der Waals surface area contributed by atoms with E-state index in [4.69, 9.17) is 4.74 Å². The van der Waals surface area contributed by atoms with Gasteiger partial charge < -0.3 is 20.1 Å². The number of hydrogen-bond acceptors (Lipinski definition) is 6. The van der Waals surface area contributed by atoms with Crippen LogP contribution in [0.1, 0.15) is 30.1 Å². The molecule has 2 heterocycles. The Morgan fingerprint density at radius 2 is 2.27 bits per heavy atom. The van der Waals surface area contributed by atoms with E-state index in [-0.39, 0.29) is 5.56 Å². The number of carboxylic acids is 1. The van der Waals surface area contributed by atoms with Crippen LogP contribution in [0, 0.1) is 0 Å². The fraction of sp³-hybridized carbons (Fsp3) is 0.421. The van der Waals surface area contributed by atoms with Crippen molar-refractivity contribution < 1.29 is 14.6 Å². The lowest BCUT2D eigenvalue weighted by molar-refractivity contribution is 0.0692. The number of nitrogens with zero attached hydrogens (tertiary/aromatic N) is 3. The second-order valence-corrected chi connectivity index (χ2v) is 6.46. The average molecular weight is 356 g/mol. The van der Waals surface area contributed by atoms with Crippen molar-refractivity contribution in [2.24, 2.45) is 0 Å². The van der Waals surface area contributed by atoms with E-state index in [1.165, 1.54) is 0 Å². The first-order valence-corrected chi connectivity index (χ1v) is 8.85. The normalized spacial score (nSPS) is 17.7. The van der Waals surface area contributed by atoms with Crippen LogP contribution >= 0.6 is 0 Å². The number of nitrogens with one attached hydrogen (secondary N) is 1. The summed E-state index contributed by atoms with van der Waals surface area (Å²) >= 11 is 0. The highest BCUT2D eigenvalue weighted by Gasteiger charge is 2.18. The number of aromatic carboxylic acids is 1. The summed E-state index contributed by atoms with van der Waals surface area (Å²) in [6.45, 7) is 4.31. The first-order chi connectivity index (χ1) is 12.6. The molecule has 2 aromatic rings. The molecule has 1 aliphatic rings. The van der Waals surface area contributed by atoms with Gasteiger partial charge in [-0.3, -0.25) is 0 Å². The molecule has 3 rings (SSSR count). The number of anilines is 1. The molecule has 138 valence electrons. The van der Waals surface area contributed by atoms with Gasteiger partial charge in [-0.1, -0.05) is 0 Å². The predicted octanol–water partition coefficient (Wildman–Crippen LogP) is 2.75. The van der Waals surface area contributed by atoms with Crippen LogP contribution in [-0.2, 0) is 0 Å². The van der Waals surface area contributed by atoms with Crippen molar-refractivity contribution in [3.05, 3.63) is 36.0 Å². The Morgan fingerprint density at radius 1 is 1.42 bits per heavy atom. The third kappa shape index (κ3) is 4.29. The molecule has 2 N–H and O–H groups in total. The standard InChI is InChI=1S/C19H24N4O3/c1-3-26-17-7-6-13(11-15(17)18(24)25)16-8-9-20-19(22-16)21-14-5-4-10-23(2)12-14/h6-9,11,14H,3-5,10,12H2,1-2H3,(H,24,25)(H,20,21,22)/t14-/m1/s1. The highest BCUT2D eigenvalue weighted by Crippen LogP contribution is 2.26. The summed E-state index contributed by atoms with van der Waals surface area (Å²) in [5.41, 5.74) is 1.53. The first kappa shape index (κ1) is 18.1. The summed E-state index contributed by atoms with van der Waals surface area (Å²) in [7, 11) is 2.11. The summed E-state index contributed by atoms with van der Waals surface area (Å²) in [6, 6.07) is 7.18. The summed E-state index contributed by atoms with van der Waals surface area (Å²) in [6.07, 6.45) is 3.92. The van der Waals surface area contributed by atoms with Crippen LogP contribution in [0.4, 0.5) is 5.95 Å². The molecule has 0 radical (unpaired) electrons. The van der Waals surface area contributed by atoms with Gasteiger partial charge in [0.05, 0.1) is 12.3 Å². The molecule has 0 unspecified atom stereocenters. The molecule has 1 aromatic carbocycles. The number of hydrogen-bond donors (Lipinski definition) is 2. The van der Waals surface area contributed by atoms with Crippen molar-refractivity contribution in [1.82, 2.24) is 14.9 Å². The van der Waals surface area contributed by atoms with Crippen molar-refractivity contribution in [1.29, 1.82) is 0 Å². The molecule has 1 aliphatic heterocycles. The number of piperidine rings is 1. The van der Waals surface area contributed by atoms with E-state index in [1.807, 2.05) is 13.0 Å². The molecule has 1 saturated heterocycles.